The normalized spacial score (nSPS) is 23.4. The monoisotopic (exact) mass is 536 g/mol. The lowest BCUT2D eigenvalue weighted by molar-refractivity contribution is 0.0329. The lowest BCUT2D eigenvalue weighted by atomic mass is 9.77. The summed E-state index contributed by atoms with van der Waals surface area (Å²) in [4.78, 5) is 12.4. The second-order valence-corrected chi connectivity index (χ2v) is 12.1. The van der Waals surface area contributed by atoms with E-state index in [0.29, 0.717) is 17.2 Å². The van der Waals surface area contributed by atoms with Crippen LogP contribution in [0.2, 0.25) is 0 Å². The van der Waals surface area contributed by atoms with Crippen molar-refractivity contribution in [3.05, 3.63) is 53.8 Å². The number of halogens is 1. The van der Waals surface area contributed by atoms with Gasteiger partial charge in [0, 0.05) is 5.56 Å². The molecule has 2 aliphatic rings. The Balaban J connectivity index is 1.23. The van der Waals surface area contributed by atoms with Crippen LogP contribution in [-0.4, -0.2) is 12.3 Å². The van der Waals surface area contributed by atoms with Crippen molar-refractivity contribution in [2.75, 3.05) is 0 Å². The van der Waals surface area contributed by atoms with Gasteiger partial charge in [0.2, 0.25) is 0 Å². The maximum Gasteiger partial charge on any atom is 0.514 e. The van der Waals surface area contributed by atoms with E-state index in [1.807, 2.05) is 18.2 Å². The highest BCUT2D eigenvalue weighted by Crippen LogP contribution is 2.39. The molecule has 3 nitrogen and oxygen atoms in total. The third kappa shape index (κ3) is 9.08. The molecule has 39 heavy (non-hydrogen) atoms. The predicted octanol–water partition coefficient (Wildman–Crippen LogP) is 11.0. The standard InChI is InChI=1S/C35H49FO3/c1-3-5-7-9-26-11-15-28(16-12-26)30-19-24-33(34(36)25-30)29-17-22-32(23-18-29)39-35(37)38-31-20-13-27(14-21-31)10-8-6-4-2/h17-19,22-28,31H,3-16,20-21H2,1-2H3. The number of rotatable bonds is 12. The fourth-order valence-electron chi connectivity index (χ4n) is 6.67. The lowest BCUT2D eigenvalue weighted by Gasteiger charge is -2.29. The van der Waals surface area contributed by atoms with Crippen LogP contribution in [-0.2, 0) is 4.74 Å². The van der Waals surface area contributed by atoms with Gasteiger partial charge in [0.1, 0.15) is 17.7 Å². The van der Waals surface area contributed by atoms with Crippen LogP contribution in [0.5, 0.6) is 5.75 Å². The molecule has 0 saturated heterocycles. The van der Waals surface area contributed by atoms with Crippen LogP contribution in [0.15, 0.2) is 42.5 Å². The van der Waals surface area contributed by atoms with Crippen LogP contribution in [0.4, 0.5) is 9.18 Å². The van der Waals surface area contributed by atoms with Crippen molar-refractivity contribution in [1.82, 2.24) is 0 Å². The van der Waals surface area contributed by atoms with Crippen LogP contribution in [0.3, 0.4) is 0 Å². The minimum atomic E-state index is -0.646. The molecule has 0 aromatic heterocycles. The fraction of sp³-hybridized carbons (Fsp3) is 0.629. The first-order chi connectivity index (χ1) is 19.1. The van der Waals surface area contributed by atoms with Gasteiger partial charge in [-0.3, -0.25) is 0 Å². The Labute approximate surface area is 235 Å². The quantitative estimate of drug-likeness (QED) is 0.154. The van der Waals surface area contributed by atoms with Gasteiger partial charge in [-0.25, -0.2) is 9.18 Å². The molecule has 0 spiro atoms. The molecule has 0 aliphatic heterocycles. The molecular formula is C35H49FO3. The zero-order valence-corrected chi connectivity index (χ0v) is 24.3. The van der Waals surface area contributed by atoms with Gasteiger partial charge < -0.3 is 9.47 Å². The molecule has 0 bridgehead atoms. The Kier molecular flexibility index (Phi) is 11.7. The average molecular weight is 537 g/mol. The van der Waals surface area contributed by atoms with Gasteiger partial charge in [0.05, 0.1) is 0 Å². The van der Waals surface area contributed by atoms with E-state index in [9.17, 15) is 4.79 Å². The van der Waals surface area contributed by atoms with Crippen molar-refractivity contribution in [3.63, 3.8) is 0 Å². The highest BCUT2D eigenvalue weighted by molar-refractivity contribution is 5.68. The molecule has 2 aromatic carbocycles. The number of carbonyl (C=O) groups excluding carboxylic acids is 1. The lowest BCUT2D eigenvalue weighted by Crippen LogP contribution is -2.26. The fourth-order valence-corrected chi connectivity index (χ4v) is 6.67. The smallest absolute Gasteiger partial charge is 0.431 e. The zero-order chi connectivity index (χ0) is 27.5. The first kappa shape index (κ1) is 29.6. The summed E-state index contributed by atoms with van der Waals surface area (Å²) < 4.78 is 26.2. The summed E-state index contributed by atoms with van der Waals surface area (Å²) in [7, 11) is 0. The first-order valence-corrected chi connectivity index (χ1v) is 15.8. The molecule has 0 N–H and O–H groups in total. The highest BCUT2D eigenvalue weighted by atomic mass is 19.1. The molecule has 4 heteroatoms. The Morgan fingerprint density at radius 1 is 0.769 bits per heavy atom. The number of carbonyl (C=O) groups is 1. The van der Waals surface area contributed by atoms with Crippen LogP contribution < -0.4 is 4.74 Å². The van der Waals surface area contributed by atoms with Crippen molar-refractivity contribution in [1.29, 1.82) is 0 Å². The third-order valence-electron chi connectivity index (χ3n) is 9.17. The van der Waals surface area contributed by atoms with E-state index in [0.717, 1.165) is 61.5 Å². The van der Waals surface area contributed by atoms with Gasteiger partial charge in [-0.1, -0.05) is 89.5 Å². The Hall–Kier alpha value is -2.36. The van der Waals surface area contributed by atoms with Crippen LogP contribution in [0.1, 0.15) is 128 Å². The number of hydrogen-bond donors (Lipinski definition) is 0. The molecule has 2 fully saturated rings. The molecule has 0 atom stereocenters. The van der Waals surface area contributed by atoms with E-state index in [-0.39, 0.29) is 11.9 Å². The predicted molar refractivity (Wildman–Crippen MR) is 158 cm³/mol. The van der Waals surface area contributed by atoms with Crippen molar-refractivity contribution in [2.45, 2.75) is 129 Å². The van der Waals surface area contributed by atoms with Gasteiger partial charge in [-0.2, -0.15) is 0 Å². The molecule has 0 amide bonds. The Morgan fingerprint density at radius 3 is 1.92 bits per heavy atom. The Bertz CT molecular complexity index is 1000. The number of benzene rings is 2. The van der Waals surface area contributed by atoms with Crippen molar-refractivity contribution < 1.29 is 18.7 Å². The summed E-state index contributed by atoms with van der Waals surface area (Å²) >= 11 is 0. The minimum absolute atomic E-state index is 0.0529. The Morgan fingerprint density at radius 2 is 1.36 bits per heavy atom. The van der Waals surface area contributed by atoms with Gasteiger partial charge in [-0.05, 0) is 98.4 Å². The molecule has 2 aliphatic carbocycles. The van der Waals surface area contributed by atoms with Crippen molar-refractivity contribution >= 4 is 6.16 Å². The summed E-state index contributed by atoms with van der Waals surface area (Å²) in [6.07, 6.45) is 18.7. The van der Waals surface area contributed by atoms with Crippen LogP contribution in [0, 0.1) is 17.7 Å². The van der Waals surface area contributed by atoms with Gasteiger partial charge in [0.15, 0.2) is 0 Å². The van der Waals surface area contributed by atoms with E-state index in [1.165, 1.54) is 64.2 Å². The summed E-state index contributed by atoms with van der Waals surface area (Å²) in [5.74, 6) is 2.32. The zero-order valence-electron chi connectivity index (χ0n) is 24.3. The van der Waals surface area contributed by atoms with E-state index in [4.69, 9.17) is 9.47 Å². The van der Waals surface area contributed by atoms with Crippen molar-refractivity contribution in [2.24, 2.45) is 11.8 Å². The first-order valence-electron chi connectivity index (χ1n) is 15.8. The molecule has 0 unspecified atom stereocenters. The second-order valence-electron chi connectivity index (χ2n) is 12.1. The summed E-state index contributed by atoms with van der Waals surface area (Å²) in [6.45, 7) is 4.50. The molecule has 0 heterocycles. The summed E-state index contributed by atoms with van der Waals surface area (Å²) in [6, 6.07) is 12.8. The summed E-state index contributed by atoms with van der Waals surface area (Å²) in [5.41, 5.74) is 2.48. The van der Waals surface area contributed by atoms with E-state index in [2.05, 4.69) is 19.9 Å². The number of unbranched alkanes of at least 4 members (excludes halogenated alkanes) is 4. The second kappa shape index (κ2) is 15.4. The van der Waals surface area contributed by atoms with Crippen molar-refractivity contribution in [3.8, 4) is 16.9 Å². The largest absolute Gasteiger partial charge is 0.514 e. The van der Waals surface area contributed by atoms with Crippen LogP contribution in [0.25, 0.3) is 11.1 Å². The molecule has 2 saturated carbocycles. The molecular weight excluding hydrogens is 487 g/mol. The number of hydrogen-bond acceptors (Lipinski definition) is 3. The van der Waals surface area contributed by atoms with Gasteiger partial charge in [-0.15, -0.1) is 0 Å². The molecule has 4 rings (SSSR count). The minimum Gasteiger partial charge on any atom is -0.431 e. The molecule has 0 radical (unpaired) electrons. The van der Waals surface area contributed by atoms with E-state index in [1.54, 1.807) is 18.2 Å². The third-order valence-corrected chi connectivity index (χ3v) is 9.17. The highest BCUT2D eigenvalue weighted by Gasteiger charge is 2.25. The summed E-state index contributed by atoms with van der Waals surface area (Å²) in [5, 5.41) is 0. The maximum atomic E-state index is 15.2. The van der Waals surface area contributed by atoms with Gasteiger partial charge >= 0.3 is 6.16 Å². The average Bonchev–Trinajstić information content (AvgIpc) is 2.95. The van der Waals surface area contributed by atoms with Crippen LogP contribution >= 0.6 is 0 Å². The SMILES string of the molecule is CCCCCC1CCC(OC(=O)Oc2ccc(-c3ccc(C4CCC(CCCCC)CC4)cc3F)cc2)CC1. The van der Waals surface area contributed by atoms with E-state index >= 15 is 4.39 Å². The van der Waals surface area contributed by atoms with E-state index < -0.39 is 6.16 Å². The molecule has 214 valence electrons. The van der Waals surface area contributed by atoms with Gasteiger partial charge in [0.25, 0.3) is 0 Å². The topological polar surface area (TPSA) is 35.5 Å². The maximum absolute atomic E-state index is 15.2. The number of ether oxygens (including phenoxy) is 2. The molecule has 2 aromatic rings.